The number of fused-ring (bicyclic) bond motifs is 3. The van der Waals surface area contributed by atoms with E-state index >= 15 is 0 Å². The third-order valence-electron chi connectivity index (χ3n) is 5.89. The van der Waals surface area contributed by atoms with Crippen LogP contribution in [0.1, 0.15) is 5.56 Å². The first-order valence-corrected chi connectivity index (χ1v) is 10.7. The van der Waals surface area contributed by atoms with Gasteiger partial charge >= 0.3 is 0 Å². The fourth-order valence-corrected chi connectivity index (χ4v) is 4.39. The molecule has 5 nitrogen and oxygen atoms in total. The summed E-state index contributed by atoms with van der Waals surface area (Å²) in [6.45, 7) is 0.168. The van der Waals surface area contributed by atoms with Crippen LogP contribution in [-0.2, 0) is 13.1 Å². The van der Waals surface area contributed by atoms with Gasteiger partial charge in [-0.1, -0.05) is 78.9 Å². The fraction of sp³-hybridized carbons (Fsp3) is 0.148. The predicted molar refractivity (Wildman–Crippen MR) is 128 cm³/mol. The largest absolute Gasteiger partial charge is 0.394 e. The first-order chi connectivity index (χ1) is 15.7. The molecule has 0 amide bonds. The Hall–Kier alpha value is -3.67. The first kappa shape index (κ1) is 20.2. The number of hydrogen-bond acceptors (Lipinski definition) is 3. The van der Waals surface area contributed by atoms with Gasteiger partial charge in [0, 0.05) is 22.8 Å². The van der Waals surface area contributed by atoms with Gasteiger partial charge in [0.2, 0.25) is 0 Å². The number of aliphatic hydroxyl groups excluding tert-OH is 2. The van der Waals surface area contributed by atoms with Crippen molar-refractivity contribution < 1.29 is 10.2 Å². The minimum Gasteiger partial charge on any atom is -0.394 e. The maximum absolute atomic E-state index is 13.9. The van der Waals surface area contributed by atoms with E-state index in [0.29, 0.717) is 12.1 Å². The first-order valence-electron chi connectivity index (χ1n) is 10.7. The summed E-state index contributed by atoms with van der Waals surface area (Å²) in [4.78, 5) is 13.9. The molecule has 0 aliphatic carbocycles. The molecule has 0 aliphatic rings. The molecule has 32 heavy (non-hydrogen) atoms. The number of pyridine rings is 1. The zero-order valence-corrected chi connectivity index (χ0v) is 17.6. The van der Waals surface area contributed by atoms with Gasteiger partial charge in [-0.3, -0.25) is 4.79 Å². The van der Waals surface area contributed by atoms with E-state index in [1.165, 1.54) is 0 Å². The molecule has 2 aromatic heterocycles. The molecule has 5 heteroatoms. The highest BCUT2D eigenvalue weighted by Crippen LogP contribution is 2.31. The molecule has 0 aliphatic heterocycles. The minimum absolute atomic E-state index is 0.0162. The van der Waals surface area contributed by atoms with Crippen LogP contribution in [0.4, 0.5) is 0 Å². The van der Waals surface area contributed by atoms with Crippen molar-refractivity contribution in [3.8, 4) is 11.3 Å². The lowest BCUT2D eigenvalue weighted by molar-refractivity contribution is 0.0809. The highest BCUT2D eigenvalue weighted by molar-refractivity contribution is 6.08. The Labute approximate surface area is 185 Å². The van der Waals surface area contributed by atoms with E-state index < -0.39 is 12.7 Å². The number of para-hydroxylation sites is 1. The second-order valence-corrected chi connectivity index (χ2v) is 8.00. The van der Waals surface area contributed by atoms with E-state index in [1.54, 1.807) is 4.57 Å². The van der Waals surface area contributed by atoms with Crippen LogP contribution in [0.5, 0.6) is 0 Å². The average Bonchev–Trinajstić information content (AvgIpc) is 3.15. The highest BCUT2D eigenvalue weighted by Gasteiger charge is 2.20. The molecule has 160 valence electrons. The molecule has 0 spiro atoms. The fourth-order valence-electron chi connectivity index (χ4n) is 4.39. The Morgan fingerprint density at radius 1 is 0.781 bits per heavy atom. The number of hydrogen-bond donors (Lipinski definition) is 2. The van der Waals surface area contributed by atoms with Crippen molar-refractivity contribution in [2.45, 2.75) is 19.2 Å². The van der Waals surface area contributed by atoms with Crippen LogP contribution in [0.25, 0.3) is 33.1 Å². The van der Waals surface area contributed by atoms with Crippen LogP contribution in [0, 0.1) is 0 Å². The lowest BCUT2D eigenvalue weighted by Gasteiger charge is -2.17. The third kappa shape index (κ3) is 3.51. The van der Waals surface area contributed by atoms with Crippen LogP contribution in [0.15, 0.2) is 95.8 Å². The number of aromatic nitrogens is 2. The van der Waals surface area contributed by atoms with Gasteiger partial charge < -0.3 is 19.3 Å². The predicted octanol–water partition coefficient (Wildman–Crippen LogP) is 4.02. The Morgan fingerprint density at radius 3 is 2.16 bits per heavy atom. The Morgan fingerprint density at radius 2 is 1.44 bits per heavy atom. The van der Waals surface area contributed by atoms with Gasteiger partial charge in [0.05, 0.1) is 24.9 Å². The number of nitrogens with zero attached hydrogens (tertiary/aromatic N) is 2. The zero-order valence-electron chi connectivity index (χ0n) is 17.6. The summed E-state index contributed by atoms with van der Waals surface area (Å²) >= 11 is 0. The van der Waals surface area contributed by atoms with E-state index in [9.17, 15) is 15.0 Å². The van der Waals surface area contributed by atoms with Crippen LogP contribution >= 0.6 is 0 Å². The summed E-state index contributed by atoms with van der Waals surface area (Å²) in [7, 11) is 0. The Bertz CT molecular complexity index is 1440. The van der Waals surface area contributed by atoms with Gasteiger partial charge in [0.1, 0.15) is 5.52 Å². The normalized spacial score (nSPS) is 12.4. The summed E-state index contributed by atoms with van der Waals surface area (Å²) in [6.07, 6.45) is -1.03. The van der Waals surface area contributed by atoms with Gasteiger partial charge in [0.25, 0.3) is 5.56 Å². The van der Waals surface area contributed by atoms with Crippen LogP contribution in [0.2, 0.25) is 0 Å². The smallest absolute Gasteiger partial charge is 0.275 e. The molecule has 0 saturated heterocycles. The van der Waals surface area contributed by atoms with E-state index in [-0.39, 0.29) is 12.1 Å². The molecule has 5 aromatic rings. The molecule has 0 fully saturated rings. The summed E-state index contributed by atoms with van der Waals surface area (Å²) < 4.78 is 3.64. The maximum atomic E-state index is 13.9. The molecule has 2 N–H and O–H groups in total. The van der Waals surface area contributed by atoms with Gasteiger partial charge in [-0.25, -0.2) is 0 Å². The van der Waals surface area contributed by atoms with Crippen molar-refractivity contribution >= 4 is 21.8 Å². The van der Waals surface area contributed by atoms with Crippen molar-refractivity contribution in [2.24, 2.45) is 0 Å². The minimum atomic E-state index is -1.03. The molecule has 3 aromatic carbocycles. The van der Waals surface area contributed by atoms with E-state index in [2.05, 4.69) is 4.57 Å². The number of benzene rings is 3. The van der Waals surface area contributed by atoms with Gasteiger partial charge in [-0.2, -0.15) is 0 Å². The van der Waals surface area contributed by atoms with E-state index in [4.69, 9.17) is 0 Å². The summed E-state index contributed by atoms with van der Waals surface area (Å²) in [5.41, 5.74) is 4.11. The number of rotatable bonds is 6. The molecular weight excluding hydrogens is 400 g/mol. The van der Waals surface area contributed by atoms with Crippen molar-refractivity contribution in [1.82, 2.24) is 9.13 Å². The van der Waals surface area contributed by atoms with Crippen molar-refractivity contribution in [3.63, 3.8) is 0 Å². The lowest BCUT2D eigenvalue weighted by Crippen LogP contribution is -2.30. The number of aliphatic hydroxyl groups is 2. The van der Waals surface area contributed by atoms with Gasteiger partial charge in [-0.15, -0.1) is 0 Å². The van der Waals surface area contributed by atoms with Crippen molar-refractivity contribution in [3.05, 3.63) is 107 Å². The van der Waals surface area contributed by atoms with Crippen molar-refractivity contribution in [1.29, 1.82) is 0 Å². The zero-order chi connectivity index (χ0) is 22.1. The monoisotopic (exact) mass is 424 g/mol. The highest BCUT2D eigenvalue weighted by atomic mass is 16.3. The topological polar surface area (TPSA) is 67.4 Å². The molecule has 0 saturated carbocycles. The SMILES string of the molecule is O=c1c2c(cc(-c3ccccc3)n1CC(O)CO)c1ccccc1n2Cc1ccccc1. The van der Waals surface area contributed by atoms with Crippen molar-refractivity contribution in [2.75, 3.05) is 6.61 Å². The molecule has 0 bridgehead atoms. The Kier molecular flexibility index (Phi) is 5.35. The van der Waals surface area contributed by atoms with Gasteiger partial charge in [-0.05, 0) is 23.3 Å². The molecule has 5 rings (SSSR count). The lowest BCUT2D eigenvalue weighted by atomic mass is 10.1. The van der Waals surface area contributed by atoms with Crippen LogP contribution < -0.4 is 5.56 Å². The molecule has 0 radical (unpaired) electrons. The second kappa shape index (κ2) is 8.46. The standard InChI is InChI=1S/C27H24N2O3/c30-18-21(31)17-29-25(20-11-5-2-6-12-20)15-23-22-13-7-8-14-24(22)28(26(23)27(29)32)16-19-9-3-1-4-10-19/h1-15,21,30-31H,16-18H2. The molecular formula is C27H24N2O3. The molecule has 2 heterocycles. The molecule has 1 atom stereocenters. The average molecular weight is 425 g/mol. The van der Waals surface area contributed by atoms with Crippen LogP contribution in [-0.4, -0.2) is 32.1 Å². The van der Waals surface area contributed by atoms with Gasteiger partial charge in [0.15, 0.2) is 0 Å². The molecule has 1 unspecified atom stereocenters. The van der Waals surface area contributed by atoms with Crippen LogP contribution in [0.3, 0.4) is 0 Å². The summed E-state index contributed by atoms with van der Waals surface area (Å²) in [6, 6.07) is 29.8. The van der Waals surface area contributed by atoms with E-state index in [0.717, 1.165) is 33.1 Å². The Balaban J connectivity index is 1.85. The van der Waals surface area contributed by atoms with E-state index in [1.807, 2.05) is 91.0 Å². The quantitative estimate of drug-likeness (QED) is 0.433. The third-order valence-corrected chi connectivity index (χ3v) is 5.89. The summed E-state index contributed by atoms with van der Waals surface area (Å²) in [5.74, 6) is 0. The maximum Gasteiger partial charge on any atom is 0.275 e. The summed E-state index contributed by atoms with van der Waals surface area (Å²) in [5, 5.41) is 21.6. The second-order valence-electron chi connectivity index (χ2n) is 8.00.